The van der Waals surface area contributed by atoms with Crippen LogP contribution in [0, 0.1) is 0 Å². The molecule has 0 unspecified atom stereocenters. The van der Waals surface area contributed by atoms with Crippen molar-refractivity contribution in [1.82, 2.24) is 0 Å². The van der Waals surface area contributed by atoms with Gasteiger partial charge in [-0.05, 0) is 12.8 Å². The van der Waals surface area contributed by atoms with E-state index in [0.29, 0.717) is 0 Å². The fourth-order valence-electron chi connectivity index (χ4n) is 1.19. The molecular formula is C11H25F3NS+. The molecule has 0 aliphatic rings. The summed E-state index contributed by atoms with van der Waals surface area (Å²) < 4.78 is 31.8. The number of nitrogens with zero attached hydrogens (tertiary/aromatic N) is 1. The molecule has 0 aliphatic heterocycles. The van der Waals surface area contributed by atoms with Gasteiger partial charge in [0.1, 0.15) is 0 Å². The molecule has 0 aromatic carbocycles. The second-order valence-electron chi connectivity index (χ2n) is 4.90. The van der Waals surface area contributed by atoms with Gasteiger partial charge in [0.25, 0.3) is 0 Å². The predicted molar refractivity (Wildman–Crippen MR) is 66.7 cm³/mol. The topological polar surface area (TPSA) is 0 Å². The third kappa shape index (κ3) is 36.9. The second kappa shape index (κ2) is 9.16. The third-order valence-electron chi connectivity index (χ3n) is 1.93. The first-order chi connectivity index (χ1) is 7.06. The van der Waals surface area contributed by atoms with E-state index < -0.39 is 5.51 Å². The van der Waals surface area contributed by atoms with Crippen LogP contribution in [0.15, 0.2) is 0 Å². The van der Waals surface area contributed by atoms with Crippen LogP contribution in [0.5, 0.6) is 0 Å². The highest BCUT2D eigenvalue weighted by Gasteiger charge is 2.17. The van der Waals surface area contributed by atoms with Crippen LogP contribution >= 0.6 is 12.6 Å². The molecular weight excluding hydrogens is 235 g/mol. The maximum atomic E-state index is 10.2. The number of rotatable bonds is 6. The molecule has 16 heavy (non-hydrogen) atoms. The zero-order chi connectivity index (χ0) is 13.2. The van der Waals surface area contributed by atoms with Gasteiger partial charge in [-0.15, -0.1) is 0 Å². The fourth-order valence-corrected chi connectivity index (χ4v) is 1.19. The molecule has 0 aromatic rings. The molecule has 0 saturated heterocycles. The van der Waals surface area contributed by atoms with E-state index in [4.69, 9.17) is 0 Å². The van der Waals surface area contributed by atoms with Crippen molar-refractivity contribution in [2.45, 2.75) is 44.5 Å². The van der Waals surface area contributed by atoms with Crippen molar-refractivity contribution in [1.29, 1.82) is 0 Å². The van der Waals surface area contributed by atoms with E-state index in [2.05, 4.69) is 40.7 Å². The Morgan fingerprint density at radius 2 is 1.31 bits per heavy atom. The van der Waals surface area contributed by atoms with E-state index in [9.17, 15) is 13.2 Å². The van der Waals surface area contributed by atoms with Gasteiger partial charge >= 0.3 is 5.51 Å². The summed E-state index contributed by atoms with van der Waals surface area (Å²) in [5.41, 5.74) is -4.31. The lowest BCUT2D eigenvalue weighted by Gasteiger charge is -2.23. The summed E-state index contributed by atoms with van der Waals surface area (Å²) >= 11 is 2.12. The Morgan fingerprint density at radius 1 is 0.938 bits per heavy atom. The van der Waals surface area contributed by atoms with Gasteiger partial charge in [-0.2, -0.15) is 13.2 Å². The van der Waals surface area contributed by atoms with Crippen molar-refractivity contribution in [3.05, 3.63) is 0 Å². The van der Waals surface area contributed by atoms with Gasteiger partial charge in [0.15, 0.2) is 0 Å². The molecule has 0 N–H and O–H groups in total. The number of hydrogen-bond donors (Lipinski definition) is 1. The average molecular weight is 260 g/mol. The summed E-state index contributed by atoms with van der Waals surface area (Å²) in [6.07, 6.45) is 7.00. The van der Waals surface area contributed by atoms with Crippen LogP contribution in [-0.4, -0.2) is 37.7 Å². The van der Waals surface area contributed by atoms with Crippen LogP contribution in [0.25, 0.3) is 0 Å². The molecule has 0 spiro atoms. The maximum absolute atomic E-state index is 10.2. The van der Waals surface area contributed by atoms with E-state index in [-0.39, 0.29) is 0 Å². The van der Waals surface area contributed by atoms with E-state index in [1.54, 1.807) is 0 Å². The molecule has 0 atom stereocenters. The zero-order valence-electron chi connectivity index (χ0n) is 10.8. The van der Waals surface area contributed by atoms with Crippen LogP contribution in [0.3, 0.4) is 0 Å². The van der Waals surface area contributed by atoms with Crippen LogP contribution in [0.1, 0.15) is 39.0 Å². The molecule has 1 nitrogen and oxygen atoms in total. The molecule has 0 fully saturated rings. The van der Waals surface area contributed by atoms with Crippen LogP contribution < -0.4 is 0 Å². The molecule has 0 aliphatic carbocycles. The Balaban J connectivity index is 0. The highest BCUT2D eigenvalue weighted by molar-refractivity contribution is 7.81. The molecule has 0 bridgehead atoms. The highest BCUT2D eigenvalue weighted by atomic mass is 32.1. The summed E-state index contributed by atoms with van der Waals surface area (Å²) in [4.78, 5) is 0. The third-order valence-corrected chi connectivity index (χ3v) is 1.93. The Hall–Kier alpha value is 0.100. The number of thiol groups is 1. The SMILES string of the molecule is CCCCCCC[N+](C)(C)C.FC(F)(F)S. The van der Waals surface area contributed by atoms with Gasteiger partial charge in [0.05, 0.1) is 27.7 Å². The highest BCUT2D eigenvalue weighted by Crippen LogP contribution is 2.17. The molecule has 0 amide bonds. The fraction of sp³-hybridized carbons (Fsp3) is 1.00. The monoisotopic (exact) mass is 260 g/mol. The van der Waals surface area contributed by atoms with Crippen molar-refractivity contribution < 1.29 is 17.7 Å². The van der Waals surface area contributed by atoms with Crippen molar-refractivity contribution in [3.63, 3.8) is 0 Å². The molecule has 0 rings (SSSR count). The van der Waals surface area contributed by atoms with Gasteiger partial charge in [-0.3, -0.25) is 0 Å². The van der Waals surface area contributed by atoms with E-state index in [1.165, 1.54) is 38.6 Å². The Kier molecular flexibility index (Phi) is 10.6. The van der Waals surface area contributed by atoms with Crippen molar-refractivity contribution in [3.8, 4) is 0 Å². The second-order valence-corrected chi connectivity index (χ2v) is 5.40. The molecule has 100 valence electrons. The van der Waals surface area contributed by atoms with Gasteiger partial charge < -0.3 is 4.48 Å². The van der Waals surface area contributed by atoms with Crippen molar-refractivity contribution in [2.75, 3.05) is 27.7 Å². The van der Waals surface area contributed by atoms with Crippen LogP contribution in [0.2, 0.25) is 0 Å². The molecule has 0 aromatic heterocycles. The lowest BCUT2D eigenvalue weighted by atomic mass is 10.1. The molecule has 0 radical (unpaired) electrons. The Bertz CT molecular complexity index is 146. The Labute approximate surface area is 103 Å². The smallest absolute Gasteiger partial charge is 0.331 e. The first-order valence-electron chi connectivity index (χ1n) is 5.66. The number of unbranched alkanes of at least 4 members (excludes halogenated alkanes) is 4. The summed E-state index contributed by atoms with van der Waals surface area (Å²) in [6.45, 7) is 3.59. The van der Waals surface area contributed by atoms with Crippen molar-refractivity contribution in [2.24, 2.45) is 0 Å². The van der Waals surface area contributed by atoms with Gasteiger partial charge in [-0.25, -0.2) is 0 Å². The number of hydrogen-bond acceptors (Lipinski definition) is 1. The van der Waals surface area contributed by atoms with Crippen LogP contribution in [-0.2, 0) is 0 Å². The minimum atomic E-state index is -4.31. The average Bonchev–Trinajstić information content (AvgIpc) is 1.98. The van der Waals surface area contributed by atoms with Crippen molar-refractivity contribution >= 4 is 12.6 Å². The van der Waals surface area contributed by atoms with Gasteiger partial charge in [-0.1, -0.05) is 38.8 Å². The first-order valence-corrected chi connectivity index (χ1v) is 6.10. The molecule has 0 heterocycles. The summed E-state index contributed by atoms with van der Waals surface area (Å²) in [7, 11) is 6.79. The van der Waals surface area contributed by atoms with E-state index in [0.717, 1.165) is 4.48 Å². The summed E-state index contributed by atoms with van der Waals surface area (Å²) in [5, 5.41) is 0. The minimum absolute atomic E-state index is 1.12. The largest absolute Gasteiger partial charge is 0.438 e. The summed E-state index contributed by atoms with van der Waals surface area (Å²) in [6, 6.07) is 0. The lowest BCUT2D eigenvalue weighted by Crippen LogP contribution is -2.35. The quantitative estimate of drug-likeness (QED) is 0.415. The summed E-state index contributed by atoms with van der Waals surface area (Å²) in [5.74, 6) is 0. The van der Waals surface area contributed by atoms with Gasteiger partial charge in [0, 0.05) is 0 Å². The Morgan fingerprint density at radius 3 is 1.62 bits per heavy atom. The molecule has 5 heteroatoms. The first kappa shape index (κ1) is 18.5. The predicted octanol–water partition coefficient (Wildman–Crippen LogP) is 4.10. The lowest BCUT2D eigenvalue weighted by molar-refractivity contribution is -0.870. The maximum Gasteiger partial charge on any atom is 0.438 e. The number of halogens is 3. The van der Waals surface area contributed by atoms with E-state index in [1.807, 2.05) is 0 Å². The normalized spacial score (nSPS) is 12.0. The van der Waals surface area contributed by atoms with Crippen LogP contribution in [0.4, 0.5) is 13.2 Å². The number of quaternary nitrogens is 1. The van der Waals surface area contributed by atoms with E-state index >= 15 is 0 Å². The molecule has 0 saturated carbocycles. The number of alkyl halides is 3. The zero-order valence-corrected chi connectivity index (χ0v) is 11.7. The minimum Gasteiger partial charge on any atom is -0.331 e. The van der Waals surface area contributed by atoms with Gasteiger partial charge in [0.2, 0.25) is 0 Å². The standard InChI is InChI=1S/C10H24N.CHF3S/c1-5-6-7-8-9-10-11(2,3)4;2-1(3,4)5/h5-10H2,1-4H3;5H/q+1;.